The molecule has 1 aromatic heterocycles. The van der Waals surface area contributed by atoms with Crippen molar-refractivity contribution < 1.29 is 0 Å². The molecule has 5 rings (SSSR count). The van der Waals surface area contributed by atoms with Crippen LogP contribution < -0.4 is 0 Å². The average molecular weight is 347 g/mol. The molecule has 2 aliphatic rings. The first-order valence-electron chi connectivity index (χ1n) is 7.64. The van der Waals surface area contributed by atoms with Gasteiger partial charge in [-0.3, -0.25) is 0 Å². The number of aromatic nitrogens is 2. The molecule has 3 aromatic rings. The molecule has 1 aliphatic heterocycles. The van der Waals surface area contributed by atoms with Gasteiger partial charge in [-0.25, -0.2) is 9.97 Å². The highest BCUT2D eigenvalue weighted by Gasteiger charge is 2.22. The van der Waals surface area contributed by atoms with Gasteiger partial charge in [0.15, 0.2) is 0 Å². The van der Waals surface area contributed by atoms with Crippen molar-refractivity contribution in [3.05, 3.63) is 71.9 Å². The van der Waals surface area contributed by atoms with Gasteiger partial charge in [-0.1, -0.05) is 66.2 Å². The van der Waals surface area contributed by atoms with E-state index in [2.05, 4.69) is 53.5 Å². The number of benzene rings is 2. The van der Waals surface area contributed by atoms with Gasteiger partial charge in [0.2, 0.25) is 0 Å². The van der Waals surface area contributed by atoms with Gasteiger partial charge < -0.3 is 0 Å². The van der Waals surface area contributed by atoms with Crippen LogP contribution in [0.4, 0.5) is 0 Å². The Morgan fingerprint density at radius 1 is 0.750 bits per heavy atom. The van der Waals surface area contributed by atoms with Crippen LogP contribution in [0.1, 0.15) is 0 Å². The van der Waals surface area contributed by atoms with Crippen LogP contribution in [0.5, 0.6) is 0 Å². The number of hydrogen-bond acceptors (Lipinski definition) is 3. The molecule has 0 unspecified atom stereocenters. The molecule has 4 heteroatoms. The van der Waals surface area contributed by atoms with E-state index in [-0.39, 0.29) is 0 Å². The lowest BCUT2D eigenvalue weighted by atomic mass is 10.1. The highest BCUT2D eigenvalue weighted by Crippen LogP contribution is 2.47. The second kappa shape index (κ2) is 5.26. The van der Waals surface area contributed by atoms with E-state index in [1.54, 1.807) is 17.4 Å². The van der Waals surface area contributed by atoms with Gasteiger partial charge in [-0.05, 0) is 23.1 Å². The van der Waals surface area contributed by atoms with E-state index < -0.39 is 0 Å². The molecular formula is C20H11ClN2S. The fraction of sp³-hybridized carbons (Fsp3) is 0. The summed E-state index contributed by atoms with van der Waals surface area (Å²) in [5.41, 5.74) is 4.34. The summed E-state index contributed by atoms with van der Waals surface area (Å²) >= 11 is 7.73. The Kier molecular flexibility index (Phi) is 3.05. The summed E-state index contributed by atoms with van der Waals surface area (Å²) in [6, 6.07) is 22.6. The Labute approximate surface area is 147 Å². The molecule has 0 saturated heterocycles. The minimum Gasteiger partial charge on any atom is -0.244 e. The first-order chi connectivity index (χ1) is 11.8. The Hall–Kier alpha value is -2.49. The van der Waals surface area contributed by atoms with Crippen LogP contribution in [-0.4, -0.2) is 9.97 Å². The van der Waals surface area contributed by atoms with Gasteiger partial charge in [0.05, 0.1) is 16.1 Å². The van der Waals surface area contributed by atoms with Gasteiger partial charge in [0.1, 0.15) is 9.98 Å². The summed E-state index contributed by atoms with van der Waals surface area (Å²) in [7, 11) is 0. The van der Waals surface area contributed by atoms with Crippen molar-refractivity contribution in [3.63, 3.8) is 0 Å². The topological polar surface area (TPSA) is 25.8 Å². The Morgan fingerprint density at radius 2 is 1.50 bits per heavy atom. The van der Waals surface area contributed by atoms with Crippen LogP contribution >= 0.6 is 22.9 Å². The molecule has 0 N–H and O–H groups in total. The zero-order chi connectivity index (χ0) is 16.1. The van der Waals surface area contributed by atoms with E-state index in [0.717, 1.165) is 20.9 Å². The van der Waals surface area contributed by atoms with Crippen molar-refractivity contribution in [2.45, 2.75) is 0 Å². The van der Waals surface area contributed by atoms with Crippen LogP contribution in [0.25, 0.3) is 42.8 Å². The summed E-state index contributed by atoms with van der Waals surface area (Å²) in [5, 5.41) is 2.90. The van der Waals surface area contributed by atoms with E-state index in [4.69, 9.17) is 16.6 Å². The van der Waals surface area contributed by atoms with Crippen molar-refractivity contribution in [2.24, 2.45) is 0 Å². The first-order valence-corrected chi connectivity index (χ1v) is 8.83. The number of fused-ring (bicyclic) bond motifs is 4. The zero-order valence-electron chi connectivity index (χ0n) is 12.5. The molecule has 24 heavy (non-hydrogen) atoms. The largest absolute Gasteiger partial charge is 0.244 e. The van der Waals surface area contributed by atoms with Crippen LogP contribution in [0.15, 0.2) is 66.7 Å². The predicted octanol–water partition coefficient (Wildman–Crippen LogP) is 6.27. The summed E-state index contributed by atoms with van der Waals surface area (Å²) in [6.07, 6.45) is 0. The van der Waals surface area contributed by atoms with Gasteiger partial charge in [-0.2, -0.15) is 0 Å². The fourth-order valence-corrected chi connectivity index (χ4v) is 4.50. The van der Waals surface area contributed by atoms with Gasteiger partial charge in [-0.15, -0.1) is 11.3 Å². The lowest BCUT2D eigenvalue weighted by Gasteiger charge is -2.05. The van der Waals surface area contributed by atoms with Crippen LogP contribution in [0.2, 0.25) is 5.15 Å². The zero-order valence-corrected chi connectivity index (χ0v) is 14.1. The van der Waals surface area contributed by atoms with Crippen molar-refractivity contribution in [1.82, 2.24) is 9.97 Å². The minimum atomic E-state index is 0.497. The van der Waals surface area contributed by atoms with Gasteiger partial charge in [0, 0.05) is 10.9 Å². The smallest absolute Gasteiger partial charge is 0.144 e. The third-order valence-electron chi connectivity index (χ3n) is 4.19. The lowest BCUT2D eigenvalue weighted by molar-refractivity contribution is 1.38. The first kappa shape index (κ1) is 13.9. The maximum absolute atomic E-state index is 6.07. The average Bonchev–Trinajstić information content (AvgIpc) is 2.94. The molecule has 0 saturated carbocycles. The fourth-order valence-electron chi connectivity index (χ4n) is 3.16. The molecule has 0 spiro atoms. The maximum Gasteiger partial charge on any atom is 0.144 e. The van der Waals surface area contributed by atoms with E-state index in [0.29, 0.717) is 5.15 Å². The molecule has 2 nitrogen and oxygen atoms in total. The van der Waals surface area contributed by atoms with E-state index >= 15 is 0 Å². The monoisotopic (exact) mass is 346 g/mol. The molecule has 0 radical (unpaired) electrons. The lowest BCUT2D eigenvalue weighted by Crippen LogP contribution is -1.86. The number of hydrogen-bond donors (Lipinski definition) is 0. The Morgan fingerprint density at radius 3 is 2.33 bits per heavy atom. The summed E-state index contributed by atoms with van der Waals surface area (Å²) in [5.74, 6) is 0. The van der Waals surface area contributed by atoms with Crippen LogP contribution in [0.3, 0.4) is 0 Å². The maximum atomic E-state index is 6.07. The molecular weight excluding hydrogens is 336 g/mol. The standard InChI is InChI=1S/C20H11ClN2S/c21-16-11-10-15-20(23-16)24-19-17(12-6-2-1-3-7-12)13-8-4-5-9-14(13)18(19)22-15/h1-11H. The third kappa shape index (κ3) is 2.02. The molecule has 2 aromatic carbocycles. The molecule has 0 bridgehead atoms. The minimum absolute atomic E-state index is 0.497. The summed E-state index contributed by atoms with van der Waals surface area (Å²) in [6.45, 7) is 0. The molecule has 0 amide bonds. The highest BCUT2D eigenvalue weighted by atomic mass is 35.5. The quantitative estimate of drug-likeness (QED) is 0.334. The third-order valence-corrected chi connectivity index (χ3v) is 5.50. The summed E-state index contributed by atoms with van der Waals surface area (Å²) in [4.78, 5) is 11.4. The predicted molar refractivity (Wildman–Crippen MR) is 102 cm³/mol. The SMILES string of the molecule is Clc1ccc2nc3c4ccccc4c(-c4ccccc4)c-3sc2n1. The number of halogens is 1. The van der Waals surface area contributed by atoms with Crippen molar-refractivity contribution >= 4 is 44.1 Å². The highest BCUT2D eigenvalue weighted by molar-refractivity contribution is 7.21. The van der Waals surface area contributed by atoms with Crippen molar-refractivity contribution in [2.75, 3.05) is 0 Å². The normalized spacial score (nSPS) is 11.5. The Balaban J connectivity index is 1.99. The molecule has 0 fully saturated rings. The van der Waals surface area contributed by atoms with E-state index in [1.807, 2.05) is 12.1 Å². The molecule has 114 valence electrons. The van der Waals surface area contributed by atoms with Crippen LogP contribution in [0, 0.1) is 0 Å². The Bertz CT molecular complexity index is 1160. The molecule has 0 atom stereocenters. The summed E-state index contributed by atoms with van der Waals surface area (Å²) < 4.78 is 0. The molecule has 2 heterocycles. The van der Waals surface area contributed by atoms with Crippen LogP contribution in [-0.2, 0) is 0 Å². The van der Waals surface area contributed by atoms with E-state index in [1.165, 1.54) is 21.9 Å². The van der Waals surface area contributed by atoms with E-state index in [9.17, 15) is 0 Å². The number of nitrogens with zero attached hydrogens (tertiary/aromatic N) is 2. The van der Waals surface area contributed by atoms with Gasteiger partial charge >= 0.3 is 0 Å². The second-order valence-electron chi connectivity index (χ2n) is 5.64. The number of pyridine rings is 1. The van der Waals surface area contributed by atoms with Crippen molar-refractivity contribution in [3.8, 4) is 21.7 Å². The van der Waals surface area contributed by atoms with Crippen molar-refractivity contribution in [1.29, 1.82) is 0 Å². The molecule has 1 aliphatic carbocycles. The second-order valence-corrected chi connectivity index (χ2v) is 7.02. The number of rotatable bonds is 1. The van der Waals surface area contributed by atoms with Gasteiger partial charge in [0.25, 0.3) is 0 Å².